The Hall–Kier alpha value is -2.48. The van der Waals surface area contributed by atoms with E-state index in [4.69, 9.17) is 5.11 Å². The van der Waals surface area contributed by atoms with Crippen molar-refractivity contribution in [2.75, 3.05) is 0 Å². The molecule has 0 fully saturated rings. The number of aromatic nitrogens is 1. The highest BCUT2D eigenvalue weighted by atomic mass is 16.2. The standard InChI is InChI=1S/C14H11N.C2H4O/c1-2-15-13-9-5-3-7-11(13)12-8-4-6-10-14(12)15;1-2-3/h2-10H,1H2;2-3H,1H2. The first-order valence-electron chi connectivity index (χ1n) is 5.68. The molecule has 3 rings (SSSR count). The molecular weight excluding hydrogens is 222 g/mol. The number of hydrogen-bond acceptors (Lipinski definition) is 1. The summed E-state index contributed by atoms with van der Waals surface area (Å²) in [6, 6.07) is 16.8. The van der Waals surface area contributed by atoms with Crippen molar-refractivity contribution in [2.45, 2.75) is 0 Å². The van der Waals surface area contributed by atoms with Crippen molar-refractivity contribution in [3.8, 4) is 0 Å². The van der Waals surface area contributed by atoms with Crippen molar-refractivity contribution in [1.82, 2.24) is 4.57 Å². The van der Waals surface area contributed by atoms with Gasteiger partial charge in [-0.2, -0.15) is 0 Å². The molecule has 2 aromatic carbocycles. The van der Waals surface area contributed by atoms with Gasteiger partial charge in [0.05, 0.1) is 17.3 Å². The number of nitrogens with zero attached hydrogens (tertiary/aromatic N) is 1. The molecule has 2 nitrogen and oxygen atoms in total. The van der Waals surface area contributed by atoms with Gasteiger partial charge in [-0.3, -0.25) is 0 Å². The number of fused-ring (bicyclic) bond motifs is 3. The topological polar surface area (TPSA) is 25.2 Å². The summed E-state index contributed by atoms with van der Waals surface area (Å²) >= 11 is 0. The van der Waals surface area contributed by atoms with Crippen LogP contribution in [-0.2, 0) is 0 Å². The molecule has 3 aromatic rings. The number of rotatable bonds is 1. The number of benzene rings is 2. The molecule has 0 atom stereocenters. The zero-order valence-electron chi connectivity index (χ0n) is 10.1. The molecule has 0 radical (unpaired) electrons. The molecule has 2 heteroatoms. The van der Waals surface area contributed by atoms with E-state index in [1.165, 1.54) is 21.8 Å². The van der Waals surface area contributed by atoms with Gasteiger partial charge in [0.1, 0.15) is 0 Å². The number of hydrogen-bond donors (Lipinski definition) is 1. The van der Waals surface area contributed by atoms with Gasteiger partial charge in [0, 0.05) is 17.0 Å². The normalized spacial score (nSPS) is 9.78. The average molecular weight is 237 g/mol. The first kappa shape index (κ1) is 12.0. The van der Waals surface area contributed by atoms with Crippen molar-refractivity contribution in [3.05, 3.63) is 68.0 Å². The van der Waals surface area contributed by atoms with Crippen LogP contribution in [0.2, 0.25) is 0 Å². The largest absolute Gasteiger partial charge is 0.516 e. The fourth-order valence-electron chi connectivity index (χ4n) is 2.15. The van der Waals surface area contributed by atoms with Crippen LogP contribution in [0, 0.1) is 0 Å². The molecule has 0 unspecified atom stereocenters. The zero-order valence-corrected chi connectivity index (χ0v) is 10.1. The van der Waals surface area contributed by atoms with Gasteiger partial charge in [0.15, 0.2) is 0 Å². The van der Waals surface area contributed by atoms with E-state index in [0.717, 1.165) is 6.26 Å². The molecule has 1 N–H and O–H groups in total. The molecule has 0 aliphatic rings. The van der Waals surface area contributed by atoms with Crippen LogP contribution < -0.4 is 0 Å². The van der Waals surface area contributed by atoms with E-state index in [2.05, 4.69) is 66.3 Å². The smallest absolute Gasteiger partial charge is 0.0719 e. The van der Waals surface area contributed by atoms with Gasteiger partial charge < -0.3 is 9.67 Å². The predicted octanol–water partition coefficient (Wildman–Crippen LogP) is 4.58. The van der Waals surface area contributed by atoms with Crippen molar-refractivity contribution >= 4 is 28.0 Å². The Morgan fingerprint density at radius 1 is 0.833 bits per heavy atom. The van der Waals surface area contributed by atoms with Gasteiger partial charge in [0.25, 0.3) is 0 Å². The maximum atomic E-state index is 7.33. The summed E-state index contributed by atoms with van der Waals surface area (Å²) in [5.74, 6) is 0. The lowest BCUT2D eigenvalue weighted by Gasteiger charge is -1.97. The second-order valence-corrected chi connectivity index (χ2v) is 3.77. The molecule has 0 saturated carbocycles. The second kappa shape index (κ2) is 5.23. The number of para-hydroxylation sites is 2. The highest BCUT2D eigenvalue weighted by Crippen LogP contribution is 2.28. The lowest BCUT2D eigenvalue weighted by molar-refractivity contribution is 0.476. The van der Waals surface area contributed by atoms with E-state index < -0.39 is 0 Å². The minimum Gasteiger partial charge on any atom is -0.516 e. The maximum Gasteiger partial charge on any atom is 0.0719 e. The molecule has 0 spiro atoms. The Kier molecular flexibility index (Phi) is 3.49. The molecule has 0 bridgehead atoms. The second-order valence-electron chi connectivity index (χ2n) is 3.77. The van der Waals surface area contributed by atoms with Crippen molar-refractivity contribution in [3.63, 3.8) is 0 Å². The van der Waals surface area contributed by atoms with Gasteiger partial charge in [0.2, 0.25) is 0 Å². The van der Waals surface area contributed by atoms with E-state index in [-0.39, 0.29) is 0 Å². The highest BCUT2D eigenvalue weighted by molar-refractivity contribution is 6.09. The van der Waals surface area contributed by atoms with E-state index in [1.54, 1.807) is 0 Å². The Bertz CT molecular complexity index is 641. The minimum absolute atomic E-state index is 0.750. The lowest BCUT2D eigenvalue weighted by atomic mass is 10.2. The van der Waals surface area contributed by atoms with Gasteiger partial charge in [-0.05, 0) is 12.1 Å². The molecule has 18 heavy (non-hydrogen) atoms. The molecule has 90 valence electrons. The first-order chi connectivity index (χ1) is 8.83. The van der Waals surface area contributed by atoms with Gasteiger partial charge >= 0.3 is 0 Å². The van der Waals surface area contributed by atoms with Crippen LogP contribution in [0.25, 0.3) is 28.0 Å². The summed E-state index contributed by atoms with van der Waals surface area (Å²) < 4.78 is 2.13. The third-order valence-corrected chi connectivity index (χ3v) is 2.80. The summed E-state index contributed by atoms with van der Waals surface area (Å²) in [6.07, 6.45) is 2.62. The number of aliphatic hydroxyl groups excluding tert-OH is 1. The van der Waals surface area contributed by atoms with Crippen LogP contribution in [0.5, 0.6) is 0 Å². The van der Waals surface area contributed by atoms with Crippen LogP contribution in [0.15, 0.2) is 68.0 Å². The Balaban J connectivity index is 0.000000367. The molecule has 1 heterocycles. The van der Waals surface area contributed by atoms with Gasteiger partial charge in [-0.15, -0.1) is 0 Å². The van der Waals surface area contributed by atoms with Crippen molar-refractivity contribution in [1.29, 1.82) is 0 Å². The summed E-state index contributed by atoms with van der Waals surface area (Å²) in [6.45, 7) is 6.78. The average Bonchev–Trinajstić information content (AvgIpc) is 2.73. The first-order valence-corrected chi connectivity index (χ1v) is 5.68. The predicted molar refractivity (Wildman–Crippen MR) is 78.7 cm³/mol. The summed E-state index contributed by atoms with van der Waals surface area (Å²) in [7, 11) is 0. The minimum atomic E-state index is 0.750. The summed E-state index contributed by atoms with van der Waals surface area (Å²) in [5.41, 5.74) is 2.43. The highest BCUT2D eigenvalue weighted by Gasteiger charge is 2.06. The molecule has 1 aromatic heterocycles. The van der Waals surface area contributed by atoms with Crippen LogP contribution in [0.4, 0.5) is 0 Å². The lowest BCUT2D eigenvalue weighted by Crippen LogP contribution is -1.82. The molecule has 0 saturated heterocycles. The fraction of sp³-hybridized carbons (Fsp3) is 0. The fourth-order valence-corrected chi connectivity index (χ4v) is 2.15. The van der Waals surface area contributed by atoms with Crippen LogP contribution in [0.3, 0.4) is 0 Å². The maximum absolute atomic E-state index is 7.33. The van der Waals surface area contributed by atoms with E-state index in [1.807, 2.05) is 6.20 Å². The van der Waals surface area contributed by atoms with E-state index in [0.29, 0.717) is 0 Å². The Morgan fingerprint density at radius 2 is 1.22 bits per heavy atom. The molecule has 0 aliphatic carbocycles. The van der Waals surface area contributed by atoms with Crippen LogP contribution in [0.1, 0.15) is 0 Å². The third kappa shape index (κ3) is 1.89. The van der Waals surface area contributed by atoms with E-state index in [9.17, 15) is 0 Å². The SMILES string of the molecule is C=CO.C=Cn1c2ccccc2c2ccccc21. The van der Waals surface area contributed by atoms with Crippen molar-refractivity contribution < 1.29 is 5.11 Å². The third-order valence-electron chi connectivity index (χ3n) is 2.80. The molecule has 0 amide bonds. The van der Waals surface area contributed by atoms with Crippen LogP contribution in [-0.4, -0.2) is 9.67 Å². The van der Waals surface area contributed by atoms with Crippen molar-refractivity contribution in [2.24, 2.45) is 0 Å². The summed E-state index contributed by atoms with van der Waals surface area (Å²) in [4.78, 5) is 0. The molecular formula is C16H15NO. The van der Waals surface area contributed by atoms with Gasteiger partial charge in [-0.1, -0.05) is 49.6 Å². The quantitative estimate of drug-likeness (QED) is 0.615. The zero-order chi connectivity index (χ0) is 13.0. The molecule has 0 aliphatic heterocycles. The Morgan fingerprint density at radius 3 is 1.61 bits per heavy atom. The monoisotopic (exact) mass is 237 g/mol. The number of aliphatic hydroxyl groups is 1. The summed E-state index contributed by atoms with van der Waals surface area (Å²) in [5, 5.41) is 9.90. The van der Waals surface area contributed by atoms with Gasteiger partial charge in [-0.25, -0.2) is 0 Å². The van der Waals surface area contributed by atoms with Crippen LogP contribution >= 0.6 is 0 Å². The Labute approximate surface area is 106 Å². The van der Waals surface area contributed by atoms with E-state index >= 15 is 0 Å².